The number of hydrogen-bond donors (Lipinski definition) is 2. The number of aromatic amines is 1. The Morgan fingerprint density at radius 3 is 2.85 bits per heavy atom. The predicted molar refractivity (Wildman–Crippen MR) is 103 cm³/mol. The lowest BCUT2D eigenvalue weighted by molar-refractivity contribution is -0.115. The van der Waals surface area contributed by atoms with Crippen LogP contribution in [0.4, 0.5) is 5.69 Å². The molecular formula is C21H23N3O2. The Labute approximate surface area is 153 Å². The Kier molecular flexibility index (Phi) is 4.73. The van der Waals surface area contributed by atoms with E-state index in [1.165, 1.54) is 0 Å². The molecule has 134 valence electrons. The number of para-hydroxylation sites is 1. The number of ether oxygens (including phenoxy) is 1. The molecule has 1 aliphatic rings. The fraction of sp³-hybridized carbons (Fsp3) is 0.286. The molecule has 4 rings (SSSR count). The third kappa shape index (κ3) is 3.64. The van der Waals surface area contributed by atoms with Crippen LogP contribution >= 0.6 is 0 Å². The summed E-state index contributed by atoms with van der Waals surface area (Å²) in [5.41, 5.74) is 4.01. The van der Waals surface area contributed by atoms with Crippen molar-refractivity contribution in [2.75, 3.05) is 32.1 Å². The van der Waals surface area contributed by atoms with Crippen LogP contribution in [0.2, 0.25) is 0 Å². The average Bonchev–Trinajstić information content (AvgIpc) is 3.05. The molecule has 1 fully saturated rings. The van der Waals surface area contributed by atoms with Gasteiger partial charge in [0.1, 0.15) is 0 Å². The number of nitrogens with one attached hydrogen (secondary N) is 2. The third-order valence-corrected chi connectivity index (χ3v) is 4.86. The van der Waals surface area contributed by atoms with E-state index in [1.54, 1.807) is 0 Å². The van der Waals surface area contributed by atoms with E-state index in [-0.39, 0.29) is 12.0 Å². The van der Waals surface area contributed by atoms with Crippen LogP contribution in [-0.2, 0) is 16.0 Å². The number of carbonyl (C=O) groups excluding carboxylic acids is 1. The molecule has 1 amide bonds. The number of morpholine rings is 1. The van der Waals surface area contributed by atoms with E-state index in [1.807, 2.05) is 54.7 Å². The van der Waals surface area contributed by atoms with E-state index in [9.17, 15) is 4.79 Å². The highest BCUT2D eigenvalue weighted by molar-refractivity contribution is 5.95. The second kappa shape index (κ2) is 7.32. The van der Waals surface area contributed by atoms with Crippen LogP contribution in [-0.4, -0.2) is 42.5 Å². The minimum absolute atomic E-state index is 0.0175. The van der Waals surface area contributed by atoms with Gasteiger partial charge in [0.2, 0.25) is 5.91 Å². The SMILES string of the molecule is CN1CCOC(c2ccc(NC(=O)Cc3c[nH]c4ccccc34)cc2)C1. The second-order valence-electron chi connectivity index (χ2n) is 6.83. The first kappa shape index (κ1) is 16.8. The first-order valence-electron chi connectivity index (χ1n) is 8.94. The number of fused-ring (bicyclic) bond motifs is 1. The quantitative estimate of drug-likeness (QED) is 0.759. The number of amides is 1. The van der Waals surface area contributed by atoms with Crippen molar-refractivity contribution in [3.63, 3.8) is 0 Å². The highest BCUT2D eigenvalue weighted by Gasteiger charge is 2.19. The number of anilines is 1. The molecule has 5 nitrogen and oxygen atoms in total. The van der Waals surface area contributed by atoms with E-state index in [4.69, 9.17) is 4.74 Å². The first-order valence-corrected chi connectivity index (χ1v) is 8.94. The van der Waals surface area contributed by atoms with Crippen molar-refractivity contribution in [3.8, 4) is 0 Å². The minimum atomic E-state index is -0.0175. The fourth-order valence-corrected chi connectivity index (χ4v) is 3.42. The predicted octanol–water partition coefficient (Wildman–Crippen LogP) is 3.35. The molecular weight excluding hydrogens is 326 g/mol. The summed E-state index contributed by atoms with van der Waals surface area (Å²) in [5.74, 6) is -0.0175. The summed E-state index contributed by atoms with van der Waals surface area (Å²) in [6.45, 7) is 2.62. The van der Waals surface area contributed by atoms with Gasteiger partial charge in [0, 0.05) is 35.9 Å². The van der Waals surface area contributed by atoms with Crippen LogP contribution in [0.5, 0.6) is 0 Å². The zero-order valence-electron chi connectivity index (χ0n) is 14.9. The van der Waals surface area contributed by atoms with Crippen LogP contribution in [0.3, 0.4) is 0 Å². The lowest BCUT2D eigenvalue weighted by Gasteiger charge is -2.30. The summed E-state index contributed by atoms with van der Waals surface area (Å²) in [6.07, 6.45) is 2.36. The van der Waals surface area contributed by atoms with Crippen molar-refractivity contribution in [1.29, 1.82) is 0 Å². The van der Waals surface area contributed by atoms with Gasteiger partial charge in [0.05, 0.1) is 19.1 Å². The number of hydrogen-bond acceptors (Lipinski definition) is 3. The second-order valence-corrected chi connectivity index (χ2v) is 6.83. The fourth-order valence-electron chi connectivity index (χ4n) is 3.42. The van der Waals surface area contributed by atoms with Gasteiger partial charge in [-0.25, -0.2) is 0 Å². The molecule has 2 aromatic carbocycles. The van der Waals surface area contributed by atoms with Crippen LogP contribution in [0.15, 0.2) is 54.7 Å². The molecule has 0 radical (unpaired) electrons. The van der Waals surface area contributed by atoms with Crippen LogP contribution in [0.1, 0.15) is 17.2 Å². The van der Waals surface area contributed by atoms with Crippen molar-refractivity contribution in [2.45, 2.75) is 12.5 Å². The Morgan fingerprint density at radius 2 is 2.04 bits per heavy atom. The van der Waals surface area contributed by atoms with E-state index in [0.29, 0.717) is 6.42 Å². The maximum absolute atomic E-state index is 12.4. The molecule has 26 heavy (non-hydrogen) atoms. The largest absolute Gasteiger partial charge is 0.371 e. The molecule has 0 bridgehead atoms. The molecule has 1 atom stereocenters. The van der Waals surface area contributed by atoms with E-state index >= 15 is 0 Å². The summed E-state index contributed by atoms with van der Waals surface area (Å²) in [5, 5.41) is 4.07. The topological polar surface area (TPSA) is 57.4 Å². The summed E-state index contributed by atoms with van der Waals surface area (Å²) >= 11 is 0. The smallest absolute Gasteiger partial charge is 0.228 e. The molecule has 0 aliphatic carbocycles. The summed E-state index contributed by atoms with van der Waals surface area (Å²) in [6, 6.07) is 16.0. The standard InChI is InChI=1S/C21H23N3O2/c1-24-10-11-26-20(14-24)15-6-8-17(9-7-15)23-21(25)12-16-13-22-19-5-3-2-4-18(16)19/h2-9,13,20,22H,10-12,14H2,1H3,(H,23,25). The lowest BCUT2D eigenvalue weighted by atomic mass is 10.1. The number of rotatable bonds is 4. The van der Waals surface area contributed by atoms with Crippen molar-refractivity contribution in [1.82, 2.24) is 9.88 Å². The molecule has 5 heteroatoms. The van der Waals surface area contributed by atoms with Gasteiger partial charge in [0.15, 0.2) is 0 Å². The molecule has 0 spiro atoms. The minimum Gasteiger partial charge on any atom is -0.371 e. The maximum Gasteiger partial charge on any atom is 0.228 e. The van der Waals surface area contributed by atoms with Crippen LogP contribution in [0.25, 0.3) is 10.9 Å². The van der Waals surface area contributed by atoms with Gasteiger partial charge < -0.3 is 19.9 Å². The van der Waals surface area contributed by atoms with Gasteiger partial charge in [-0.2, -0.15) is 0 Å². The summed E-state index contributed by atoms with van der Waals surface area (Å²) in [7, 11) is 2.11. The van der Waals surface area contributed by atoms with Gasteiger partial charge in [0.25, 0.3) is 0 Å². The van der Waals surface area contributed by atoms with Crippen molar-refractivity contribution >= 4 is 22.5 Å². The van der Waals surface area contributed by atoms with Gasteiger partial charge in [-0.1, -0.05) is 30.3 Å². The Bertz CT molecular complexity index is 901. The van der Waals surface area contributed by atoms with E-state index < -0.39 is 0 Å². The monoisotopic (exact) mass is 349 g/mol. The van der Waals surface area contributed by atoms with Gasteiger partial charge in [-0.15, -0.1) is 0 Å². The number of H-pyrrole nitrogens is 1. The molecule has 1 aromatic heterocycles. The molecule has 2 N–H and O–H groups in total. The Morgan fingerprint density at radius 1 is 1.23 bits per heavy atom. The van der Waals surface area contributed by atoms with Crippen molar-refractivity contribution in [2.24, 2.45) is 0 Å². The number of benzene rings is 2. The zero-order valence-corrected chi connectivity index (χ0v) is 14.9. The number of aromatic nitrogens is 1. The summed E-state index contributed by atoms with van der Waals surface area (Å²) < 4.78 is 5.83. The summed E-state index contributed by atoms with van der Waals surface area (Å²) in [4.78, 5) is 17.9. The first-order chi connectivity index (χ1) is 12.7. The van der Waals surface area contributed by atoms with Crippen LogP contribution in [0, 0.1) is 0 Å². The van der Waals surface area contributed by atoms with Gasteiger partial charge in [-0.3, -0.25) is 4.79 Å². The highest BCUT2D eigenvalue weighted by atomic mass is 16.5. The molecule has 2 heterocycles. The normalized spacial score (nSPS) is 18.1. The average molecular weight is 349 g/mol. The molecule has 0 saturated carbocycles. The Hall–Kier alpha value is -2.63. The van der Waals surface area contributed by atoms with E-state index in [0.717, 1.165) is 47.4 Å². The van der Waals surface area contributed by atoms with Crippen LogP contribution < -0.4 is 5.32 Å². The van der Waals surface area contributed by atoms with Gasteiger partial charge >= 0.3 is 0 Å². The molecule has 1 aliphatic heterocycles. The van der Waals surface area contributed by atoms with Gasteiger partial charge in [-0.05, 0) is 36.4 Å². The Balaban J connectivity index is 1.40. The third-order valence-electron chi connectivity index (χ3n) is 4.86. The molecule has 1 saturated heterocycles. The lowest BCUT2D eigenvalue weighted by Crippen LogP contribution is -2.35. The number of likely N-dealkylation sites (N-methyl/N-ethyl adjacent to an activating group) is 1. The molecule has 3 aromatic rings. The van der Waals surface area contributed by atoms with E-state index in [2.05, 4.69) is 22.2 Å². The maximum atomic E-state index is 12.4. The number of carbonyl (C=O) groups is 1. The van der Waals surface area contributed by atoms with Crippen molar-refractivity contribution in [3.05, 3.63) is 65.9 Å². The van der Waals surface area contributed by atoms with Crippen molar-refractivity contribution < 1.29 is 9.53 Å². The number of nitrogens with zero attached hydrogens (tertiary/aromatic N) is 1. The highest BCUT2D eigenvalue weighted by Crippen LogP contribution is 2.23. The molecule has 1 unspecified atom stereocenters. The zero-order chi connectivity index (χ0) is 17.9.